The Bertz CT molecular complexity index is 539. The lowest BCUT2D eigenvalue weighted by molar-refractivity contribution is -0.118. The van der Waals surface area contributed by atoms with Crippen LogP contribution < -0.4 is 15.5 Å². The minimum Gasteiger partial charge on any atom is -0.371 e. The molecular formula is C15H21Cl2F2N3O. The van der Waals surface area contributed by atoms with Gasteiger partial charge < -0.3 is 10.2 Å². The molecule has 130 valence electrons. The van der Waals surface area contributed by atoms with E-state index in [-0.39, 0.29) is 24.8 Å². The van der Waals surface area contributed by atoms with Gasteiger partial charge in [-0.15, -0.1) is 24.8 Å². The van der Waals surface area contributed by atoms with Crippen molar-refractivity contribution in [3.63, 3.8) is 0 Å². The number of nitrogens with zero attached hydrogens (tertiary/aromatic N) is 1. The molecule has 1 atom stereocenters. The fourth-order valence-corrected chi connectivity index (χ4v) is 2.89. The number of benzene rings is 1. The maximum Gasteiger partial charge on any atom is 0.262 e. The van der Waals surface area contributed by atoms with Gasteiger partial charge >= 0.3 is 0 Å². The van der Waals surface area contributed by atoms with Crippen LogP contribution in [0.15, 0.2) is 24.3 Å². The predicted molar refractivity (Wildman–Crippen MR) is 92.4 cm³/mol. The smallest absolute Gasteiger partial charge is 0.262 e. The number of rotatable bonds is 3. The first-order valence-electron chi connectivity index (χ1n) is 7.31. The molecule has 0 spiro atoms. The minimum absolute atomic E-state index is 0. The van der Waals surface area contributed by atoms with Crippen LogP contribution in [0.1, 0.15) is 19.3 Å². The summed E-state index contributed by atoms with van der Waals surface area (Å²) in [7, 11) is 0. The van der Waals surface area contributed by atoms with Crippen molar-refractivity contribution in [1.82, 2.24) is 5.32 Å². The van der Waals surface area contributed by atoms with Crippen molar-refractivity contribution < 1.29 is 13.6 Å². The van der Waals surface area contributed by atoms with E-state index in [1.807, 2.05) is 18.2 Å². The van der Waals surface area contributed by atoms with Gasteiger partial charge in [0.2, 0.25) is 5.91 Å². The van der Waals surface area contributed by atoms with Gasteiger partial charge in [-0.05, 0) is 31.0 Å². The van der Waals surface area contributed by atoms with Crippen molar-refractivity contribution in [2.45, 2.75) is 31.2 Å². The maximum atomic E-state index is 13.1. The Morgan fingerprint density at radius 1 is 1.26 bits per heavy atom. The molecule has 4 nitrogen and oxygen atoms in total. The first-order valence-corrected chi connectivity index (χ1v) is 7.31. The van der Waals surface area contributed by atoms with Crippen LogP contribution in [0.2, 0.25) is 0 Å². The number of carbonyl (C=O) groups excluding carboxylic acids is 1. The SMILES string of the molecule is Cl.Cl.O=C(Nc1cccc(N2CCCC2)c1)C1CC(F)(F)CN1. The molecule has 0 saturated carbocycles. The molecule has 2 fully saturated rings. The predicted octanol–water partition coefficient (Wildman–Crippen LogP) is 3.07. The third-order valence-electron chi connectivity index (χ3n) is 4.01. The van der Waals surface area contributed by atoms with Crippen LogP contribution in [-0.4, -0.2) is 37.5 Å². The van der Waals surface area contributed by atoms with Crippen LogP contribution in [0.3, 0.4) is 0 Å². The van der Waals surface area contributed by atoms with E-state index in [1.165, 1.54) is 12.8 Å². The third-order valence-corrected chi connectivity index (χ3v) is 4.01. The summed E-state index contributed by atoms with van der Waals surface area (Å²) in [6.45, 7) is 1.61. The highest BCUT2D eigenvalue weighted by Crippen LogP contribution is 2.27. The molecule has 0 radical (unpaired) electrons. The summed E-state index contributed by atoms with van der Waals surface area (Å²) in [4.78, 5) is 14.3. The number of hydrogen-bond acceptors (Lipinski definition) is 3. The fraction of sp³-hybridized carbons (Fsp3) is 0.533. The van der Waals surface area contributed by atoms with Gasteiger partial charge in [-0.3, -0.25) is 10.1 Å². The van der Waals surface area contributed by atoms with Crippen molar-refractivity contribution in [2.75, 3.05) is 29.9 Å². The van der Waals surface area contributed by atoms with Crippen LogP contribution in [0.5, 0.6) is 0 Å². The Morgan fingerprint density at radius 2 is 1.96 bits per heavy atom. The molecule has 1 aromatic rings. The monoisotopic (exact) mass is 367 g/mol. The summed E-state index contributed by atoms with van der Waals surface area (Å²) in [6, 6.07) is 6.74. The summed E-state index contributed by atoms with van der Waals surface area (Å²) in [5, 5.41) is 5.29. The van der Waals surface area contributed by atoms with Gasteiger partial charge in [-0.25, -0.2) is 8.78 Å². The summed E-state index contributed by atoms with van der Waals surface area (Å²) in [5.74, 6) is -3.19. The van der Waals surface area contributed by atoms with E-state index in [4.69, 9.17) is 0 Å². The number of anilines is 2. The molecule has 1 amide bonds. The molecule has 23 heavy (non-hydrogen) atoms. The summed E-state index contributed by atoms with van der Waals surface area (Å²) >= 11 is 0. The number of carbonyl (C=O) groups is 1. The quantitative estimate of drug-likeness (QED) is 0.862. The lowest BCUT2D eigenvalue weighted by Gasteiger charge is -2.19. The maximum absolute atomic E-state index is 13.1. The van der Waals surface area contributed by atoms with Gasteiger partial charge in [-0.2, -0.15) is 0 Å². The molecule has 2 aliphatic heterocycles. The van der Waals surface area contributed by atoms with Gasteiger partial charge in [0, 0.05) is 30.9 Å². The zero-order valence-corrected chi connectivity index (χ0v) is 14.2. The van der Waals surface area contributed by atoms with Crippen LogP contribution in [0, 0.1) is 0 Å². The van der Waals surface area contributed by atoms with Crippen molar-refractivity contribution in [2.24, 2.45) is 0 Å². The van der Waals surface area contributed by atoms with Crippen LogP contribution in [0.4, 0.5) is 20.2 Å². The minimum atomic E-state index is -2.79. The summed E-state index contributed by atoms with van der Waals surface area (Å²) in [5.41, 5.74) is 1.72. The van der Waals surface area contributed by atoms with E-state index in [2.05, 4.69) is 15.5 Å². The second kappa shape index (κ2) is 8.13. The zero-order chi connectivity index (χ0) is 14.9. The number of halogens is 4. The van der Waals surface area contributed by atoms with Gasteiger partial charge in [0.25, 0.3) is 5.92 Å². The summed E-state index contributed by atoms with van der Waals surface area (Å²) < 4.78 is 26.2. The van der Waals surface area contributed by atoms with Crippen molar-refractivity contribution in [3.05, 3.63) is 24.3 Å². The first kappa shape index (κ1) is 19.9. The Balaban J connectivity index is 0.00000132. The largest absolute Gasteiger partial charge is 0.371 e. The van der Waals surface area contributed by atoms with E-state index in [1.54, 1.807) is 6.07 Å². The molecular weight excluding hydrogens is 347 g/mol. The lowest BCUT2D eigenvalue weighted by atomic mass is 10.1. The molecule has 2 heterocycles. The Morgan fingerprint density at radius 3 is 2.57 bits per heavy atom. The van der Waals surface area contributed by atoms with E-state index >= 15 is 0 Å². The molecule has 1 unspecified atom stereocenters. The average Bonchev–Trinajstić information content (AvgIpc) is 3.08. The Kier molecular flexibility index (Phi) is 7.04. The fourth-order valence-electron chi connectivity index (χ4n) is 2.89. The topological polar surface area (TPSA) is 44.4 Å². The molecule has 3 rings (SSSR count). The van der Waals surface area contributed by atoms with Crippen LogP contribution in [0.25, 0.3) is 0 Å². The van der Waals surface area contributed by atoms with Crippen molar-refractivity contribution >= 4 is 42.1 Å². The standard InChI is InChI=1S/C15H19F2N3O.2ClH/c16-15(17)9-13(18-10-15)14(21)19-11-4-3-5-12(8-11)20-6-1-2-7-20;;/h3-5,8,13,18H,1-2,6-7,9-10H2,(H,19,21);2*1H. The van der Waals surface area contributed by atoms with E-state index in [0.29, 0.717) is 5.69 Å². The molecule has 0 bridgehead atoms. The lowest BCUT2D eigenvalue weighted by Crippen LogP contribution is -2.35. The molecule has 8 heteroatoms. The van der Waals surface area contributed by atoms with E-state index in [0.717, 1.165) is 18.8 Å². The number of nitrogens with one attached hydrogen (secondary N) is 2. The number of hydrogen-bond donors (Lipinski definition) is 2. The highest BCUT2D eigenvalue weighted by Gasteiger charge is 2.42. The molecule has 0 aliphatic carbocycles. The van der Waals surface area contributed by atoms with Gasteiger partial charge in [0.1, 0.15) is 0 Å². The van der Waals surface area contributed by atoms with Crippen molar-refractivity contribution in [1.29, 1.82) is 0 Å². The molecule has 1 aromatic carbocycles. The molecule has 2 saturated heterocycles. The second-order valence-electron chi connectivity index (χ2n) is 5.73. The third kappa shape index (κ3) is 4.93. The van der Waals surface area contributed by atoms with Crippen LogP contribution >= 0.6 is 24.8 Å². The normalized spacial score (nSPS) is 22.2. The van der Waals surface area contributed by atoms with Gasteiger partial charge in [-0.1, -0.05) is 6.07 Å². The Hall–Kier alpha value is -1.11. The zero-order valence-electron chi connectivity index (χ0n) is 12.6. The Labute approximate surface area is 146 Å². The second-order valence-corrected chi connectivity index (χ2v) is 5.73. The van der Waals surface area contributed by atoms with Gasteiger partial charge in [0.05, 0.1) is 12.6 Å². The highest BCUT2D eigenvalue weighted by molar-refractivity contribution is 5.95. The van der Waals surface area contributed by atoms with Crippen LogP contribution in [-0.2, 0) is 4.79 Å². The number of alkyl halides is 2. The molecule has 2 aliphatic rings. The first-order chi connectivity index (χ1) is 10.0. The van der Waals surface area contributed by atoms with Crippen molar-refractivity contribution in [3.8, 4) is 0 Å². The number of amides is 1. The average molecular weight is 368 g/mol. The molecule has 2 N–H and O–H groups in total. The van der Waals surface area contributed by atoms with E-state index in [9.17, 15) is 13.6 Å². The summed E-state index contributed by atoms with van der Waals surface area (Å²) in [6.07, 6.45) is 1.92. The highest BCUT2D eigenvalue weighted by atomic mass is 35.5. The van der Waals surface area contributed by atoms with E-state index < -0.39 is 30.8 Å². The molecule has 0 aromatic heterocycles. The van der Waals surface area contributed by atoms with Gasteiger partial charge in [0.15, 0.2) is 0 Å².